The van der Waals surface area contributed by atoms with E-state index in [0.29, 0.717) is 12.2 Å². The predicted octanol–water partition coefficient (Wildman–Crippen LogP) is 2.35. The van der Waals surface area contributed by atoms with Gasteiger partial charge in [-0.05, 0) is 55.6 Å². The Kier molecular flexibility index (Phi) is 4.93. The molecule has 1 unspecified atom stereocenters. The van der Waals surface area contributed by atoms with E-state index >= 15 is 0 Å². The highest BCUT2D eigenvalue weighted by molar-refractivity contribution is 7.89. The van der Waals surface area contributed by atoms with Crippen molar-refractivity contribution in [2.75, 3.05) is 11.9 Å². The highest BCUT2D eigenvalue weighted by Crippen LogP contribution is 2.25. The zero-order valence-corrected chi connectivity index (χ0v) is 14.8. The first kappa shape index (κ1) is 17.0. The van der Waals surface area contributed by atoms with Gasteiger partial charge in [0.25, 0.3) is 5.91 Å². The molecule has 9 heteroatoms. The Balaban J connectivity index is 1.75. The Labute approximate surface area is 144 Å². The smallest absolute Gasteiger partial charge is 0.277 e. The number of nitrogens with one attached hydrogen (secondary N) is 1. The van der Waals surface area contributed by atoms with E-state index in [-0.39, 0.29) is 22.5 Å². The summed E-state index contributed by atoms with van der Waals surface area (Å²) in [5.74, 6) is -0.371. The largest absolute Gasteiger partial charge is 0.321 e. The van der Waals surface area contributed by atoms with Crippen molar-refractivity contribution in [2.45, 2.75) is 37.1 Å². The van der Waals surface area contributed by atoms with E-state index in [1.165, 1.54) is 12.1 Å². The average molecular weight is 366 g/mol. The lowest BCUT2D eigenvalue weighted by Gasteiger charge is -2.32. The quantitative estimate of drug-likeness (QED) is 0.897. The Hall–Kier alpha value is -1.84. The summed E-state index contributed by atoms with van der Waals surface area (Å²) >= 11 is 1.09. The molecule has 128 valence electrons. The minimum Gasteiger partial charge on any atom is -0.321 e. The molecule has 1 aromatic carbocycles. The monoisotopic (exact) mass is 366 g/mol. The maximum atomic E-state index is 12.7. The first-order valence-corrected chi connectivity index (χ1v) is 9.96. The van der Waals surface area contributed by atoms with Gasteiger partial charge in [0, 0.05) is 23.7 Å². The van der Waals surface area contributed by atoms with Crippen LogP contribution in [0, 0.1) is 0 Å². The number of anilines is 1. The van der Waals surface area contributed by atoms with E-state index in [1.54, 1.807) is 21.8 Å². The van der Waals surface area contributed by atoms with Crippen LogP contribution >= 0.6 is 11.5 Å². The van der Waals surface area contributed by atoms with Gasteiger partial charge in [0.15, 0.2) is 5.69 Å². The molecule has 1 fully saturated rings. The number of sulfonamides is 1. The summed E-state index contributed by atoms with van der Waals surface area (Å²) in [6, 6.07) is 6.22. The van der Waals surface area contributed by atoms with E-state index < -0.39 is 10.0 Å². The third kappa shape index (κ3) is 3.47. The number of benzene rings is 1. The van der Waals surface area contributed by atoms with Crippen molar-refractivity contribution in [1.29, 1.82) is 0 Å². The Morgan fingerprint density at radius 2 is 2.04 bits per heavy atom. The maximum Gasteiger partial charge on any atom is 0.277 e. The van der Waals surface area contributed by atoms with Gasteiger partial charge >= 0.3 is 0 Å². The summed E-state index contributed by atoms with van der Waals surface area (Å²) in [4.78, 5) is 12.2. The molecule has 7 nitrogen and oxygen atoms in total. The van der Waals surface area contributed by atoms with E-state index in [1.807, 2.05) is 6.92 Å². The minimum atomic E-state index is -3.50. The van der Waals surface area contributed by atoms with Gasteiger partial charge in [-0.3, -0.25) is 4.79 Å². The zero-order chi connectivity index (χ0) is 17.2. The molecule has 0 saturated carbocycles. The molecule has 3 rings (SSSR count). The third-order valence-electron chi connectivity index (χ3n) is 4.05. The zero-order valence-electron chi connectivity index (χ0n) is 13.2. The first-order valence-electron chi connectivity index (χ1n) is 7.69. The maximum absolute atomic E-state index is 12.7. The van der Waals surface area contributed by atoms with Crippen LogP contribution in [0.3, 0.4) is 0 Å². The fourth-order valence-electron chi connectivity index (χ4n) is 2.73. The molecule has 0 aliphatic carbocycles. The molecule has 1 aromatic heterocycles. The SMILES string of the molecule is CC1CCCCN1S(=O)(=O)c1ccc(NC(=O)c2csnn2)cc1. The van der Waals surface area contributed by atoms with E-state index in [9.17, 15) is 13.2 Å². The molecule has 1 saturated heterocycles. The molecule has 1 atom stereocenters. The molecule has 1 N–H and O–H groups in total. The third-order valence-corrected chi connectivity index (χ3v) is 6.59. The summed E-state index contributed by atoms with van der Waals surface area (Å²) in [5, 5.41) is 7.91. The molecule has 0 bridgehead atoms. The van der Waals surface area contributed by atoms with E-state index in [2.05, 4.69) is 14.9 Å². The number of amides is 1. The standard InChI is InChI=1S/C15H18N4O3S2/c1-11-4-2-3-9-19(11)24(21,22)13-7-5-12(6-8-13)16-15(20)14-10-23-18-17-14/h5-8,10-11H,2-4,9H2,1H3,(H,16,20). The molecule has 1 aliphatic heterocycles. The Bertz CT molecular complexity index is 804. The summed E-state index contributed by atoms with van der Waals surface area (Å²) < 4.78 is 30.7. The number of nitrogens with zero attached hydrogens (tertiary/aromatic N) is 3. The van der Waals surface area contributed by atoms with Gasteiger partial charge in [0.2, 0.25) is 10.0 Å². The number of carbonyl (C=O) groups is 1. The van der Waals surface area contributed by atoms with Crippen LogP contribution in [-0.4, -0.2) is 40.8 Å². The predicted molar refractivity (Wildman–Crippen MR) is 91.5 cm³/mol. The summed E-state index contributed by atoms with van der Waals surface area (Å²) in [7, 11) is -3.50. The van der Waals surface area contributed by atoms with Gasteiger partial charge in [0.1, 0.15) is 0 Å². The first-order chi connectivity index (χ1) is 11.5. The average Bonchev–Trinajstić information content (AvgIpc) is 3.10. The summed E-state index contributed by atoms with van der Waals surface area (Å²) in [6.45, 7) is 2.49. The summed E-state index contributed by atoms with van der Waals surface area (Å²) in [6.07, 6.45) is 2.83. The van der Waals surface area contributed by atoms with Crippen molar-refractivity contribution in [1.82, 2.24) is 13.9 Å². The lowest BCUT2D eigenvalue weighted by atomic mass is 10.1. The lowest BCUT2D eigenvalue weighted by molar-refractivity contribution is 0.102. The van der Waals surface area contributed by atoms with Crippen LogP contribution in [0.1, 0.15) is 36.7 Å². The topological polar surface area (TPSA) is 92.3 Å². The van der Waals surface area contributed by atoms with Gasteiger partial charge in [0.05, 0.1) is 4.90 Å². The van der Waals surface area contributed by atoms with Gasteiger partial charge in [-0.15, -0.1) is 5.10 Å². The van der Waals surface area contributed by atoms with E-state index in [4.69, 9.17) is 0 Å². The van der Waals surface area contributed by atoms with Crippen molar-refractivity contribution < 1.29 is 13.2 Å². The molecule has 1 aliphatic rings. The molecule has 2 aromatic rings. The second-order valence-corrected chi connectivity index (χ2v) is 8.23. The fraction of sp³-hybridized carbons (Fsp3) is 0.400. The molecular formula is C15H18N4O3S2. The van der Waals surface area contributed by atoms with Crippen LogP contribution in [0.4, 0.5) is 5.69 Å². The van der Waals surface area contributed by atoms with Gasteiger partial charge in [-0.25, -0.2) is 8.42 Å². The fourth-order valence-corrected chi connectivity index (χ4v) is 4.87. The molecule has 24 heavy (non-hydrogen) atoms. The number of carbonyl (C=O) groups excluding carboxylic acids is 1. The van der Waals surface area contributed by atoms with Crippen LogP contribution in [0.2, 0.25) is 0 Å². The van der Waals surface area contributed by atoms with Crippen LogP contribution in [0.5, 0.6) is 0 Å². The molecule has 1 amide bonds. The highest BCUT2D eigenvalue weighted by atomic mass is 32.2. The highest BCUT2D eigenvalue weighted by Gasteiger charge is 2.30. The van der Waals surface area contributed by atoms with Crippen molar-refractivity contribution >= 4 is 33.2 Å². The van der Waals surface area contributed by atoms with Gasteiger partial charge in [-0.1, -0.05) is 10.9 Å². The second-order valence-electron chi connectivity index (χ2n) is 5.73. The molecule has 0 radical (unpaired) electrons. The van der Waals surface area contributed by atoms with E-state index in [0.717, 1.165) is 30.8 Å². The number of hydrogen-bond donors (Lipinski definition) is 1. The lowest BCUT2D eigenvalue weighted by Crippen LogP contribution is -2.41. The van der Waals surface area contributed by atoms with Crippen LogP contribution < -0.4 is 5.32 Å². The number of hydrogen-bond acceptors (Lipinski definition) is 6. The van der Waals surface area contributed by atoms with Gasteiger partial charge < -0.3 is 5.32 Å². The molecule has 0 spiro atoms. The Morgan fingerprint density at radius 1 is 1.29 bits per heavy atom. The van der Waals surface area contributed by atoms with Crippen LogP contribution in [0.25, 0.3) is 0 Å². The second kappa shape index (κ2) is 6.96. The number of piperidine rings is 1. The van der Waals surface area contributed by atoms with Crippen molar-refractivity contribution in [2.24, 2.45) is 0 Å². The Morgan fingerprint density at radius 3 is 2.67 bits per heavy atom. The number of aromatic nitrogens is 2. The molecule has 2 heterocycles. The van der Waals surface area contributed by atoms with Crippen molar-refractivity contribution in [3.8, 4) is 0 Å². The minimum absolute atomic E-state index is 0.0142. The van der Waals surface area contributed by atoms with Gasteiger partial charge in [-0.2, -0.15) is 4.31 Å². The molecular weight excluding hydrogens is 348 g/mol. The normalized spacial score (nSPS) is 19.1. The van der Waals surface area contributed by atoms with Crippen molar-refractivity contribution in [3.63, 3.8) is 0 Å². The van der Waals surface area contributed by atoms with Crippen molar-refractivity contribution in [3.05, 3.63) is 35.3 Å². The van der Waals surface area contributed by atoms with Crippen LogP contribution in [0.15, 0.2) is 34.5 Å². The summed E-state index contributed by atoms with van der Waals surface area (Å²) in [5.41, 5.74) is 0.748. The van der Waals surface area contributed by atoms with Crippen LogP contribution in [-0.2, 0) is 10.0 Å². The number of rotatable bonds is 4.